The number of aliphatic hydroxyl groups excluding tert-OH is 1. The van der Waals surface area contributed by atoms with Gasteiger partial charge in [0.05, 0.1) is 34.9 Å². The molecular weight excluding hydrogens is 660 g/mol. The standard InChI is InChI=1S/C41H48N4O7/c46-34-13-11-32(33-12-14-37(48)44-38(33)34)35(47)25-42-24-31-10-9-29(23-43-31)39(49)51-21-5-7-27-6-4-8-30(22-27)41(17-2-1-3-18-41)40(50)52-36-26-45-19-15-28(36)16-20-45/h4,6,8-14,22-23,28,35-36,42,46-47H,1-3,5,7,15-21,24-26H2,(H,44,48)/t35?,36-/m0/s1. The van der Waals surface area contributed by atoms with E-state index in [0.29, 0.717) is 41.1 Å². The van der Waals surface area contributed by atoms with Crippen LogP contribution in [0.15, 0.2) is 71.7 Å². The van der Waals surface area contributed by atoms with Crippen molar-refractivity contribution >= 4 is 22.8 Å². The number of carbonyl (C=O) groups is 2. The Labute approximate surface area is 303 Å². The molecule has 2 atom stereocenters. The first-order valence-electron chi connectivity index (χ1n) is 18.7. The summed E-state index contributed by atoms with van der Waals surface area (Å²) in [6.45, 7) is 3.92. The van der Waals surface area contributed by atoms with Gasteiger partial charge in [-0.1, -0.05) is 49.6 Å². The van der Waals surface area contributed by atoms with E-state index in [2.05, 4.69) is 38.4 Å². The topological polar surface area (TPSA) is 154 Å². The zero-order valence-corrected chi connectivity index (χ0v) is 29.5. The normalized spacial score (nSPS) is 21.4. The quantitative estimate of drug-likeness (QED) is 0.109. The van der Waals surface area contributed by atoms with Crippen molar-refractivity contribution in [2.24, 2.45) is 5.92 Å². The number of hydrogen-bond donors (Lipinski definition) is 4. The van der Waals surface area contributed by atoms with Crippen LogP contribution in [0.3, 0.4) is 0 Å². The maximum Gasteiger partial charge on any atom is 0.339 e. The Morgan fingerprint density at radius 1 is 1.04 bits per heavy atom. The largest absolute Gasteiger partial charge is 0.506 e. The molecule has 1 aliphatic carbocycles. The number of esters is 2. The maximum absolute atomic E-state index is 13.9. The Hall–Kier alpha value is -4.58. The van der Waals surface area contributed by atoms with Gasteiger partial charge in [-0.25, -0.2) is 4.79 Å². The fourth-order valence-electron chi connectivity index (χ4n) is 8.26. The highest BCUT2D eigenvalue weighted by molar-refractivity contribution is 5.89. The van der Waals surface area contributed by atoms with Crippen molar-refractivity contribution in [3.8, 4) is 5.75 Å². The zero-order chi connectivity index (χ0) is 36.1. The van der Waals surface area contributed by atoms with Crippen molar-refractivity contribution in [2.45, 2.75) is 82.0 Å². The molecule has 8 rings (SSSR count). The van der Waals surface area contributed by atoms with Crippen LogP contribution in [-0.2, 0) is 32.6 Å². The van der Waals surface area contributed by atoms with Gasteiger partial charge < -0.3 is 30.0 Å². The average molecular weight is 709 g/mol. The summed E-state index contributed by atoms with van der Waals surface area (Å²) < 4.78 is 11.9. The van der Waals surface area contributed by atoms with Gasteiger partial charge in [0, 0.05) is 37.3 Å². The van der Waals surface area contributed by atoms with E-state index in [1.54, 1.807) is 24.3 Å². The van der Waals surface area contributed by atoms with Gasteiger partial charge in [0.25, 0.3) is 0 Å². The van der Waals surface area contributed by atoms with Crippen molar-refractivity contribution in [3.63, 3.8) is 0 Å². The number of piperidine rings is 3. The number of aromatic nitrogens is 2. The molecule has 3 saturated heterocycles. The summed E-state index contributed by atoms with van der Waals surface area (Å²) in [5.41, 5.74) is 3.14. The first-order valence-corrected chi connectivity index (χ1v) is 18.7. The molecule has 11 nitrogen and oxygen atoms in total. The minimum atomic E-state index is -0.893. The third-order valence-corrected chi connectivity index (χ3v) is 11.2. The summed E-state index contributed by atoms with van der Waals surface area (Å²) >= 11 is 0. The predicted octanol–water partition coefficient (Wildman–Crippen LogP) is 5.08. The molecule has 2 aromatic carbocycles. The Morgan fingerprint density at radius 2 is 1.87 bits per heavy atom. The van der Waals surface area contributed by atoms with Gasteiger partial charge in [0.1, 0.15) is 11.9 Å². The van der Waals surface area contributed by atoms with Crippen LogP contribution in [0, 0.1) is 5.92 Å². The summed E-state index contributed by atoms with van der Waals surface area (Å²) in [5, 5.41) is 24.6. The summed E-state index contributed by atoms with van der Waals surface area (Å²) in [6.07, 6.45) is 9.03. The molecule has 274 valence electrons. The highest BCUT2D eigenvalue weighted by Gasteiger charge is 2.46. The lowest BCUT2D eigenvalue weighted by Gasteiger charge is -2.45. The summed E-state index contributed by atoms with van der Waals surface area (Å²) in [6, 6.07) is 17.8. The van der Waals surface area contributed by atoms with Crippen molar-refractivity contribution in [2.75, 3.05) is 32.8 Å². The Morgan fingerprint density at radius 3 is 2.62 bits per heavy atom. The van der Waals surface area contributed by atoms with Crippen molar-refractivity contribution < 1.29 is 29.3 Å². The van der Waals surface area contributed by atoms with Crippen LogP contribution < -0.4 is 10.9 Å². The van der Waals surface area contributed by atoms with Crippen LogP contribution >= 0.6 is 0 Å². The number of fused-ring (bicyclic) bond motifs is 4. The summed E-state index contributed by atoms with van der Waals surface area (Å²) in [7, 11) is 0. The number of phenols is 1. The Kier molecular flexibility index (Phi) is 11.0. The molecule has 2 bridgehead atoms. The number of aromatic amines is 1. The molecule has 4 fully saturated rings. The van der Waals surface area contributed by atoms with Gasteiger partial charge >= 0.3 is 11.9 Å². The van der Waals surface area contributed by atoms with Crippen molar-refractivity contribution in [3.05, 3.63) is 105 Å². The number of aliphatic hydroxyl groups is 1. The van der Waals surface area contributed by atoms with Gasteiger partial charge in [0.15, 0.2) is 0 Å². The smallest absolute Gasteiger partial charge is 0.339 e. The second-order valence-corrected chi connectivity index (χ2v) is 14.6. The van der Waals surface area contributed by atoms with E-state index in [1.807, 2.05) is 6.07 Å². The Bertz CT molecular complexity index is 1930. The number of aromatic hydroxyl groups is 1. The van der Waals surface area contributed by atoms with Gasteiger partial charge in [-0.3, -0.25) is 19.5 Å². The maximum atomic E-state index is 13.9. The average Bonchev–Trinajstić information content (AvgIpc) is 3.18. The van der Waals surface area contributed by atoms with Crippen LogP contribution in [0.25, 0.3) is 10.9 Å². The van der Waals surface area contributed by atoms with Crippen LogP contribution in [0.4, 0.5) is 0 Å². The van der Waals surface area contributed by atoms with Crippen LogP contribution in [0.2, 0.25) is 0 Å². The Balaban J connectivity index is 0.878. The second-order valence-electron chi connectivity index (χ2n) is 14.6. The lowest BCUT2D eigenvalue weighted by Crippen LogP contribution is -2.53. The number of phenolic OH excluding ortho intramolecular Hbond substituents is 1. The molecule has 2 aromatic heterocycles. The number of H-pyrrole nitrogens is 1. The van der Waals surface area contributed by atoms with E-state index in [4.69, 9.17) is 9.47 Å². The SMILES string of the molecule is O=C(OCCCc1cccc(C2(C(=O)O[C@H]3CN4CCC3CC4)CCCCC2)c1)c1ccc(CNCC(O)c2ccc(O)c3[nH]c(=O)ccc23)nc1. The molecule has 4 aromatic rings. The van der Waals surface area contributed by atoms with Crippen molar-refractivity contribution in [1.29, 1.82) is 0 Å². The van der Waals surface area contributed by atoms with Gasteiger partial charge in [-0.15, -0.1) is 0 Å². The number of hydrogen-bond acceptors (Lipinski definition) is 10. The number of carbonyl (C=O) groups excluding carboxylic acids is 2. The molecule has 0 radical (unpaired) electrons. The highest BCUT2D eigenvalue weighted by Crippen LogP contribution is 2.42. The van der Waals surface area contributed by atoms with E-state index in [-0.39, 0.29) is 42.1 Å². The van der Waals surface area contributed by atoms with E-state index < -0.39 is 17.5 Å². The molecule has 11 heteroatoms. The van der Waals surface area contributed by atoms with Crippen LogP contribution in [0.1, 0.15) is 90.2 Å². The monoisotopic (exact) mass is 708 g/mol. The van der Waals surface area contributed by atoms with E-state index in [0.717, 1.165) is 82.1 Å². The minimum absolute atomic E-state index is 0.00301. The van der Waals surface area contributed by atoms with E-state index in [9.17, 15) is 24.6 Å². The first kappa shape index (κ1) is 35.8. The number of nitrogens with one attached hydrogen (secondary N) is 2. The highest BCUT2D eigenvalue weighted by atomic mass is 16.5. The van der Waals surface area contributed by atoms with Crippen molar-refractivity contribution in [1.82, 2.24) is 20.2 Å². The molecule has 4 aliphatic rings. The molecular formula is C41H48N4O7. The number of ether oxygens (including phenoxy) is 2. The molecule has 4 N–H and O–H groups in total. The molecule has 3 aliphatic heterocycles. The molecule has 0 spiro atoms. The van der Waals surface area contributed by atoms with Crippen LogP contribution in [-0.4, -0.2) is 75.9 Å². The predicted molar refractivity (Wildman–Crippen MR) is 196 cm³/mol. The van der Waals surface area contributed by atoms with Crippen LogP contribution in [0.5, 0.6) is 5.75 Å². The lowest BCUT2D eigenvalue weighted by molar-refractivity contribution is -0.167. The number of benzene rings is 2. The molecule has 52 heavy (non-hydrogen) atoms. The van der Waals surface area contributed by atoms with Gasteiger partial charge in [-0.05, 0) is 98.5 Å². The zero-order valence-electron chi connectivity index (χ0n) is 29.5. The molecule has 1 unspecified atom stereocenters. The van der Waals surface area contributed by atoms with E-state index in [1.165, 1.54) is 18.3 Å². The summed E-state index contributed by atoms with van der Waals surface area (Å²) in [4.78, 5) is 47.8. The molecule has 5 heterocycles. The molecule has 1 saturated carbocycles. The second kappa shape index (κ2) is 16.0. The summed E-state index contributed by atoms with van der Waals surface area (Å²) in [5.74, 6) is -0.0697. The number of aryl methyl sites for hydroxylation is 1. The number of rotatable bonds is 13. The minimum Gasteiger partial charge on any atom is -0.506 e. The third-order valence-electron chi connectivity index (χ3n) is 11.2. The van der Waals surface area contributed by atoms with Gasteiger partial charge in [0.2, 0.25) is 5.56 Å². The fourth-order valence-corrected chi connectivity index (χ4v) is 8.26. The number of nitrogens with zero attached hydrogens (tertiary/aromatic N) is 2. The molecule has 0 amide bonds. The lowest BCUT2D eigenvalue weighted by atomic mass is 9.69. The third kappa shape index (κ3) is 7.91. The van der Waals surface area contributed by atoms with Gasteiger partial charge in [-0.2, -0.15) is 0 Å². The fraction of sp³-hybridized carbons (Fsp3) is 0.463. The number of pyridine rings is 2. The van der Waals surface area contributed by atoms with E-state index >= 15 is 0 Å². The first-order chi connectivity index (χ1) is 25.3.